The third kappa shape index (κ3) is 2.77. The summed E-state index contributed by atoms with van der Waals surface area (Å²) in [6.07, 6.45) is 0. The fourth-order valence-electron chi connectivity index (χ4n) is 1.83. The minimum Gasteiger partial charge on any atom is -0.207 e. The smallest absolute Gasteiger partial charge is 0.197 e. The predicted molar refractivity (Wildman–Crippen MR) is 63.8 cm³/mol. The Morgan fingerprint density at radius 1 is 0.737 bits per heavy atom. The van der Waals surface area contributed by atoms with Crippen molar-refractivity contribution in [2.45, 2.75) is 6.92 Å². The van der Waals surface area contributed by atoms with E-state index in [2.05, 4.69) is 0 Å². The monoisotopic (exact) mass is 270 g/mol. The van der Waals surface area contributed by atoms with Crippen molar-refractivity contribution in [3.63, 3.8) is 0 Å². The van der Waals surface area contributed by atoms with E-state index in [1.54, 1.807) is 0 Å². The van der Waals surface area contributed by atoms with Gasteiger partial charge in [0.25, 0.3) is 0 Å². The van der Waals surface area contributed by atoms with Gasteiger partial charge in [0.15, 0.2) is 18.9 Å². The van der Waals surface area contributed by atoms with E-state index in [9.17, 15) is 22.0 Å². The van der Waals surface area contributed by atoms with E-state index in [-0.39, 0.29) is 23.8 Å². The standard InChI is InChI=1S/C13H8BF5/c1-6-9(2-7(15)4-11(6)17)14-10-3-8(16)5-12(18)13(10)19/h2-5,14H,1H3. The summed E-state index contributed by atoms with van der Waals surface area (Å²) in [6, 6.07) is 2.93. The average molecular weight is 270 g/mol. The first-order valence-electron chi connectivity index (χ1n) is 5.46. The molecule has 6 heteroatoms. The van der Waals surface area contributed by atoms with Crippen LogP contribution in [0.3, 0.4) is 0 Å². The zero-order chi connectivity index (χ0) is 14.2. The van der Waals surface area contributed by atoms with Gasteiger partial charge in [0.05, 0.1) is 0 Å². The fraction of sp³-hybridized carbons (Fsp3) is 0.0769. The van der Waals surface area contributed by atoms with Crippen LogP contribution >= 0.6 is 0 Å². The maximum absolute atomic E-state index is 13.5. The average Bonchev–Trinajstić information content (AvgIpc) is 2.31. The van der Waals surface area contributed by atoms with Gasteiger partial charge >= 0.3 is 0 Å². The van der Waals surface area contributed by atoms with Gasteiger partial charge in [0.2, 0.25) is 0 Å². The fourth-order valence-corrected chi connectivity index (χ4v) is 1.83. The predicted octanol–water partition coefficient (Wildman–Crippen LogP) is 2.08. The quantitative estimate of drug-likeness (QED) is 0.445. The minimum atomic E-state index is -1.33. The van der Waals surface area contributed by atoms with Crippen molar-refractivity contribution in [1.82, 2.24) is 0 Å². The minimum absolute atomic E-state index is 0.116. The highest BCUT2D eigenvalue weighted by atomic mass is 19.2. The zero-order valence-corrected chi connectivity index (χ0v) is 9.91. The first-order chi connectivity index (χ1) is 8.88. The molecule has 0 atom stereocenters. The van der Waals surface area contributed by atoms with Crippen LogP contribution in [0.2, 0.25) is 0 Å². The third-order valence-electron chi connectivity index (χ3n) is 2.87. The molecule has 0 radical (unpaired) electrons. The Morgan fingerprint density at radius 3 is 1.89 bits per heavy atom. The maximum atomic E-state index is 13.5. The summed E-state index contributed by atoms with van der Waals surface area (Å²) >= 11 is 0. The summed E-state index contributed by atoms with van der Waals surface area (Å²) in [6.45, 7) is 1.39. The summed E-state index contributed by atoms with van der Waals surface area (Å²) < 4.78 is 65.9. The molecule has 0 aromatic heterocycles. The van der Waals surface area contributed by atoms with Crippen molar-refractivity contribution in [2.75, 3.05) is 0 Å². The zero-order valence-electron chi connectivity index (χ0n) is 9.91. The molecule has 0 heterocycles. The lowest BCUT2D eigenvalue weighted by Crippen LogP contribution is -2.33. The number of hydrogen-bond acceptors (Lipinski definition) is 0. The molecule has 0 saturated carbocycles. The highest BCUT2D eigenvalue weighted by Crippen LogP contribution is 2.08. The van der Waals surface area contributed by atoms with Crippen molar-refractivity contribution < 1.29 is 22.0 Å². The van der Waals surface area contributed by atoms with Crippen molar-refractivity contribution in [3.8, 4) is 0 Å². The Kier molecular flexibility index (Phi) is 3.60. The number of halogens is 5. The second-order valence-electron chi connectivity index (χ2n) is 4.21. The third-order valence-corrected chi connectivity index (χ3v) is 2.87. The van der Waals surface area contributed by atoms with E-state index in [1.165, 1.54) is 6.92 Å². The van der Waals surface area contributed by atoms with Gasteiger partial charge in [-0.25, -0.2) is 22.0 Å². The van der Waals surface area contributed by atoms with Crippen LogP contribution in [0.15, 0.2) is 24.3 Å². The number of hydrogen-bond donors (Lipinski definition) is 0. The molecule has 0 saturated heterocycles. The van der Waals surface area contributed by atoms with Gasteiger partial charge in [-0.2, -0.15) is 0 Å². The lowest BCUT2D eigenvalue weighted by Gasteiger charge is -2.08. The summed E-state index contributed by atoms with van der Waals surface area (Å²) in [7, 11) is -0.291. The van der Waals surface area contributed by atoms with Crippen LogP contribution in [0.1, 0.15) is 5.56 Å². The molecule has 2 rings (SSSR count). The summed E-state index contributed by atoms with van der Waals surface area (Å²) in [4.78, 5) is 0. The van der Waals surface area contributed by atoms with Crippen molar-refractivity contribution >= 4 is 18.2 Å². The molecular weight excluding hydrogens is 262 g/mol. The first kappa shape index (κ1) is 13.6. The first-order valence-corrected chi connectivity index (χ1v) is 5.46. The molecule has 0 amide bonds. The molecule has 19 heavy (non-hydrogen) atoms. The second kappa shape index (κ2) is 5.03. The molecule has 0 bridgehead atoms. The Morgan fingerprint density at radius 2 is 1.26 bits per heavy atom. The Labute approximate surface area is 107 Å². The molecule has 0 nitrogen and oxygen atoms in total. The molecule has 0 fully saturated rings. The Bertz CT molecular complexity index is 584. The molecule has 2 aromatic carbocycles. The van der Waals surface area contributed by atoms with Crippen molar-refractivity contribution in [3.05, 3.63) is 58.9 Å². The van der Waals surface area contributed by atoms with Gasteiger partial charge in [-0.1, -0.05) is 5.46 Å². The highest BCUT2D eigenvalue weighted by Gasteiger charge is 2.15. The molecule has 0 aliphatic rings. The normalized spacial score (nSPS) is 10.6. The van der Waals surface area contributed by atoms with Crippen LogP contribution in [0, 0.1) is 36.0 Å². The van der Waals surface area contributed by atoms with Crippen LogP contribution in [0.4, 0.5) is 22.0 Å². The second-order valence-corrected chi connectivity index (χ2v) is 4.21. The summed E-state index contributed by atoms with van der Waals surface area (Å²) in [5.41, 5.74) is -0.0301. The number of rotatable bonds is 2. The van der Waals surface area contributed by atoms with Gasteiger partial charge in [-0.3, -0.25) is 0 Å². The molecule has 2 aromatic rings. The van der Waals surface area contributed by atoms with E-state index in [0.29, 0.717) is 12.1 Å². The van der Waals surface area contributed by atoms with E-state index in [1.807, 2.05) is 0 Å². The van der Waals surface area contributed by atoms with E-state index < -0.39 is 29.1 Å². The molecule has 0 unspecified atom stereocenters. The van der Waals surface area contributed by atoms with Gasteiger partial charge in [-0.05, 0) is 30.1 Å². The molecular formula is C13H8BF5. The Hall–Kier alpha value is -1.85. The van der Waals surface area contributed by atoms with E-state index >= 15 is 0 Å². The van der Waals surface area contributed by atoms with Gasteiger partial charge < -0.3 is 0 Å². The van der Waals surface area contributed by atoms with Gasteiger partial charge in [-0.15, -0.1) is 0 Å². The molecule has 98 valence electrons. The van der Waals surface area contributed by atoms with Gasteiger partial charge in [0, 0.05) is 12.1 Å². The Balaban J connectivity index is 2.47. The summed E-state index contributed by atoms with van der Waals surface area (Å²) in [5.74, 6) is -5.10. The van der Waals surface area contributed by atoms with Crippen LogP contribution in [0.25, 0.3) is 0 Å². The van der Waals surface area contributed by atoms with Crippen LogP contribution in [-0.4, -0.2) is 7.28 Å². The maximum Gasteiger partial charge on any atom is 0.197 e. The largest absolute Gasteiger partial charge is 0.207 e. The van der Waals surface area contributed by atoms with Crippen LogP contribution < -0.4 is 10.9 Å². The van der Waals surface area contributed by atoms with E-state index in [4.69, 9.17) is 0 Å². The van der Waals surface area contributed by atoms with Crippen molar-refractivity contribution in [2.24, 2.45) is 0 Å². The van der Waals surface area contributed by atoms with Crippen molar-refractivity contribution in [1.29, 1.82) is 0 Å². The molecule has 0 N–H and O–H groups in total. The molecule has 0 aliphatic heterocycles. The summed E-state index contributed by atoms with van der Waals surface area (Å²) in [5, 5.41) is 0. The van der Waals surface area contributed by atoms with Crippen LogP contribution in [0.5, 0.6) is 0 Å². The highest BCUT2D eigenvalue weighted by molar-refractivity contribution is 6.67. The van der Waals surface area contributed by atoms with E-state index in [0.717, 1.165) is 12.1 Å². The number of benzene rings is 2. The van der Waals surface area contributed by atoms with Crippen LogP contribution in [-0.2, 0) is 0 Å². The lowest BCUT2D eigenvalue weighted by molar-refractivity contribution is 0.500. The molecule has 0 aliphatic carbocycles. The SMILES string of the molecule is Cc1c(F)cc(F)cc1Bc1cc(F)cc(F)c1F. The lowest BCUT2D eigenvalue weighted by atomic mass is 9.62. The molecule has 0 spiro atoms. The van der Waals surface area contributed by atoms with Gasteiger partial charge in [0.1, 0.15) is 17.5 Å². The topological polar surface area (TPSA) is 0 Å².